The van der Waals surface area contributed by atoms with Crippen LogP contribution in [-0.4, -0.2) is 102 Å². The third-order valence-corrected chi connectivity index (χ3v) is 7.36. The number of nitrogens with one attached hydrogen (secondary N) is 2. The minimum Gasteiger partial charge on any atom is -0.479 e. The van der Waals surface area contributed by atoms with Crippen LogP contribution in [0.5, 0.6) is 0 Å². The van der Waals surface area contributed by atoms with Crippen LogP contribution in [0.25, 0.3) is 22.3 Å². The fraction of sp³-hybridized carbons (Fsp3) is 0.241. The lowest BCUT2D eigenvalue weighted by Crippen LogP contribution is -2.56. The first kappa shape index (κ1) is 27.7. The minimum atomic E-state index is -1.23. The fourth-order valence-corrected chi connectivity index (χ4v) is 5.13. The van der Waals surface area contributed by atoms with Crippen LogP contribution >= 0.6 is 0 Å². The van der Waals surface area contributed by atoms with Crippen molar-refractivity contribution in [3.05, 3.63) is 72.3 Å². The van der Waals surface area contributed by atoms with E-state index in [1.165, 1.54) is 29.7 Å². The van der Waals surface area contributed by atoms with Gasteiger partial charge in [-0.3, -0.25) is 29.1 Å². The second-order valence-electron chi connectivity index (χ2n) is 10.2. The Kier molecular flexibility index (Phi) is 7.11. The Morgan fingerprint density at radius 3 is 2.56 bits per heavy atom. The number of fused-ring (bicyclic) bond motifs is 1. The molecule has 0 spiro atoms. The lowest BCUT2D eigenvalue weighted by molar-refractivity contribution is -0.138. The molecule has 3 atom stereocenters. The van der Waals surface area contributed by atoms with Crippen molar-refractivity contribution in [2.24, 2.45) is 0 Å². The lowest BCUT2D eigenvalue weighted by atomic mass is 10.1. The molecule has 2 fully saturated rings. The molecule has 218 valence electrons. The smallest absolute Gasteiger partial charge is 0.336 e. The number of carbonyl (C=O) groups excluding carboxylic acids is 4. The maximum absolute atomic E-state index is 13.4. The Labute approximate surface area is 243 Å². The molecule has 3 amide bonds. The number of ketones is 1. The van der Waals surface area contributed by atoms with Gasteiger partial charge in [0, 0.05) is 49.0 Å². The zero-order valence-corrected chi connectivity index (χ0v) is 22.8. The van der Waals surface area contributed by atoms with Gasteiger partial charge in [-0.05, 0) is 25.1 Å². The Bertz CT molecular complexity index is 1770. The average Bonchev–Trinajstić information content (AvgIpc) is 3.73. The number of aromatic nitrogens is 4. The summed E-state index contributed by atoms with van der Waals surface area (Å²) in [5.41, 5.74) is 1.73. The van der Waals surface area contributed by atoms with E-state index < -0.39 is 35.8 Å². The topological polar surface area (TPSA) is 191 Å². The highest BCUT2D eigenvalue weighted by Crippen LogP contribution is 2.29. The van der Waals surface area contributed by atoms with Crippen molar-refractivity contribution >= 4 is 46.2 Å². The van der Waals surface area contributed by atoms with Gasteiger partial charge in [0.2, 0.25) is 0 Å². The van der Waals surface area contributed by atoms with E-state index in [0.29, 0.717) is 35.2 Å². The normalized spacial score (nSPS) is 19.6. The van der Waals surface area contributed by atoms with Gasteiger partial charge < -0.3 is 29.9 Å². The van der Waals surface area contributed by atoms with Gasteiger partial charge in [-0.1, -0.05) is 18.2 Å². The molecule has 14 heteroatoms. The van der Waals surface area contributed by atoms with Crippen molar-refractivity contribution in [1.29, 1.82) is 0 Å². The predicted octanol–water partition coefficient (Wildman–Crippen LogP) is 1.37. The summed E-state index contributed by atoms with van der Waals surface area (Å²) in [7, 11) is 0. The number of epoxide rings is 1. The third-order valence-electron chi connectivity index (χ3n) is 7.36. The van der Waals surface area contributed by atoms with E-state index in [-0.39, 0.29) is 35.6 Å². The first-order valence-corrected chi connectivity index (χ1v) is 13.4. The predicted molar refractivity (Wildman–Crippen MR) is 150 cm³/mol. The highest BCUT2D eigenvalue weighted by molar-refractivity contribution is 6.45. The van der Waals surface area contributed by atoms with Crippen LogP contribution in [0, 0.1) is 0 Å². The summed E-state index contributed by atoms with van der Waals surface area (Å²) in [6.45, 7) is 2.61. The first-order valence-electron chi connectivity index (χ1n) is 13.4. The number of piperazine rings is 1. The molecule has 3 aromatic heterocycles. The van der Waals surface area contributed by atoms with E-state index in [1.807, 2.05) is 6.07 Å². The summed E-state index contributed by atoms with van der Waals surface area (Å²) >= 11 is 0. The second kappa shape index (κ2) is 11.1. The molecule has 1 aromatic carbocycles. The van der Waals surface area contributed by atoms with E-state index in [4.69, 9.17) is 9.84 Å². The molecule has 2 saturated heterocycles. The zero-order chi connectivity index (χ0) is 30.2. The number of carbonyl (C=O) groups is 5. The van der Waals surface area contributed by atoms with Gasteiger partial charge in [-0.25, -0.2) is 9.78 Å². The molecule has 6 rings (SSSR count). The number of amides is 3. The number of Topliss-reactive ketones (excluding diaryl/α,β-unsaturated/α-hetero) is 1. The van der Waals surface area contributed by atoms with Crippen LogP contribution in [0.3, 0.4) is 0 Å². The highest BCUT2D eigenvalue weighted by Gasteiger charge is 2.50. The number of rotatable bonds is 7. The van der Waals surface area contributed by atoms with Gasteiger partial charge in [-0.2, -0.15) is 0 Å². The standard InChI is InChI=1S/C29H25N7O7/c1-15-14-35(27(39)16-5-3-2-4-6-16)9-10-36(15)28(40)23(37)18-11-32-21-17(18)7-8-31-22(21)19-12-30-13-20(33-19)34-26(38)24-25(43-24)29(41)42/h2-8,11-13,15,24-25,32H,9-10,14H2,1H3,(H,41,42)(H,33,34,38)/t15-,24?,25?/m1/s1. The molecule has 3 N–H and O–H groups in total. The quantitative estimate of drug-likeness (QED) is 0.163. The number of hydrogen-bond donors (Lipinski definition) is 3. The summed E-state index contributed by atoms with van der Waals surface area (Å²) in [5.74, 6) is -3.36. The minimum absolute atomic E-state index is 0.0536. The molecule has 0 saturated carbocycles. The van der Waals surface area contributed by atoms with Crippen LogP contribution in [-0.2, 0) is 19.1 Å². The number of benzene rings is 1. The van der Waals surface area contributed by atoms with Crippen molar-refractivity contribution in [2.45, 2.75) is 25.2 Å². The van der Waals surface area contributed by atoms with Crippen LogP contribution in [0.2, 0.25) is 0 Å². The number of pyridine rings is 1. The summed E-state index contributed by atoms with van der Waals surface area (Å²) in [5, 5.41) is 11.9. The Hall–Kier alpha value is -5.50. The van der Waals surface area contributed by atoms with E-state index in [9.17, 15) is 24.0 Å². The zero-order valence-electron chi connectivity index (χ0n) is 22.8. The highest BCUT2D eigenvalue weighted by atomic mass is 16.6. The van der Waals surface area contributed by atoms with Gasteiger partial charge >= 0.3 is 5.97 Å². The number of ether oxygens (including phenoxy) is 1. The Morgan fingerprint density at radius 1 is 1.05 bits per heavy atom. The van der Waals surface area contributed by atoms with E-state index in [1.54, 1.807) is 42.2 Å². The maximum Gasteiger partial charge on any atom is 0.336 e. The molecule has 5 heterocycles. The third kappa shape index (κ3) is 5.30. The molecule has 4 aromatic rings. The Balaban J connectivity index is 1.17. The molecule has 0 aliphatic carbocycles. The second-order valence-corrected chi connectivity index (χ2v) is 10.2. The molecule has 14 nitrogen and oxygen atoms in total. The molecule has 0 radical (unpaired) electrons. The number of carboxylic acids is 1. The maximum atomic E-state index is 13.4. The number of hydrogen-bond acceptors (Lipinski definition) is 9. The monoisotopic (exact) mass is 583 g/mol. The first-order chi connectivity index (χ1) is 20.7. The number of aromatic amines is 1. The molecule has 0 bridgehead atoms. The summed E-state index contributed by atoms with van der Waals surface area (Å²) in [6, 6.07) is 10.1. The van der Waals surface area contributed by atoms with Gasteiger partial charge in [0.1, 0.15) is 11.4 Å². The lowest BCUT2D eigenvalue weighted by Gasteiger charge is -2.39. The number of anilines is 1. The molecule has 2 unspecified atom stereocenters. The largest absolute Gasteiger partial charge is 0.479 e. The number of nitrogens with zero attached hydrogens (tertiary/aromatic N) is 5. The Morgan fingerprint density at radius 2 is 1.84 bits per heavy atom. The van der Waals surface area contributed by atoms with Crippen LogP contribution in [0.1, 0.15) is 27.6 Å². The summed E-state index contributed by atoms with van der Waals surface area (Å²) in [6.07, 6.45) is 3.28. The van der Waals surface area contributed by atoms with E-state index >= 15 is 0 Å². The number of H-pyrrole nitrogens is 1. The van der Waals surface area contributed by atoms with Gasteiger partial charge in [0.25, 0.3) is 23.5 Å². The average molecular weight is 584 g/mol. The van der Waals surface area contributed by atoms with Crippen LogP contribution < -0.4 is 5.32 Å². The molecule has 2 aliphatic rings. The molecule has 43 heavy (non-hydrogen) atoms. The number of aliphatic carboxylic acids is 1. The van der Waals surface area contributed by atoms with Gasteiger partial charge in [0.15, 0.2) is 18.0 Å². The van der Waals surface area contributed by atoms with Gasteiger partial charge in [0.05, 0.1) is 23.5 Å². The van der Waals surface area contributed by atoms with E-state index in [0.717, 1.165) is 0 Å². The van der Waals surface area contributed by atoms with Crippen molar-refractivity contribution in [3.8, 4) is 11.4 Å². The van der Waals surface area contributed by atoms with Crippen molar-refractivity contribution in [1.82, 2.24) is 29.7 Å². The summed E-state index contributed by atoms with van der Waals surface area (Å²) in [4.78, 5) is 81.9. The summed E-state index contributed by atoms with van der Waals surface area (Å²) < 4.78 is 4.86. The van der Waals surface area contributed by atoms with Crippen LogP contribution in [0.15, 0.2) is 61.2 Å². The molecular weight excluding hydrogens is 558 g/mol. The SMILES string of the molecule is C[C@@H]1CN(C(=O)c2ccccc2)CCN1C(=O)C(=O)c1c[nH]c2c(-c3cncc(NC(=O)C4OC4C(=O)O)n3)nccc12. The van der Waals surface area contributed by atoms with Crippen molar-refractivity contribution < 1.29 is 33.8 Å². The van der Waals surface area contributed by atoms with E-state index in [2.05, 4.69) is 25.3 Å². The molecule has 2 aliphatic heterocycles. The number of carboxylic acid groups (broad SMARTS) is 1. The van der Waals surface area contributed by atoms with Gasteiger partial charge in [-0.15, -0.1) is 0 Å². The van der Waals surface area contributed by atoms with Crippen molar-refractivity contribution in [3.63, 3.8) is 0 Å². The molecular formula is C29H25N7O7. The van der Waals surface area contributed by atoms with Crippen molar-refractivity contribution in [2.75, 3.05) is 25.0 Å². The van der Waals surface area contributed by atoms with Crippen LogP contribution in [0.4, 0.5) is 5.82 Å². The fourth-order valence-electron chi connectivity index (χ4n) is 5.13.